The number of rotatable bonds is 3. The van der Waals surface area contributed by atoms with Gasteiger partial charge in [-0.3, -0.25) is 15.8 Å². The number of nitrogens with zero attached hydrogens (tertiary/aromatic N) is 2. The highest BCUT2D eigenvalue weighted by molar-refractivity contribution is 9.10. The molecule has 1 aromatic carbocycles. The van der Waals surface area contributed by atoms with E-state index in [9.17, 15) is 0 Å². The van der Waals surface area contributed by atoms with E-state index in [0.717, 1.165) is 26.6 Å². The Bertz CT molecular complexity index is 739. The third kappa shape index (κ3) is 2.31. The summed E-state index contributed by atoms with van der Waals surface area (Å²) in [5, 5.41) is 1.07. The fraction of sp³-hybridized carbons (Fsp3) is 0.0667. The second-order valence-corrected chi connectivity index (χ2v) is 5.24. The molecule has 0 bridgehead atoms. The second-order valence-electron chi connectivity index (χ2n) is 4.39. The number of halogens is 1. The summed E-state index contributed by atoms with van der Waals surface area (Å²) in [5.41, 5.74) is 5.70. The van der Waals surface area contributed by atoms with Gasteiger partial charge in [0.05, 0.1) is 17.3 Å². The molecule has 2 aromatic heterocycles. The van der Waals surface area contributed by atoms with Crippen molar-refractivity contribution in [3.63, 3.8) is 0 Å². The van der Waals surface area contributed by atoms with Gasteiger partial charge < -0.3 is 0 Å². The van der Waals surface area contributed by atoms with Gasteiger partial charge in [-0.1, -0.05) is 18.2 Å². The van der Waals surface area contributed by atoms with E-state index in [0.29, 0.717) is 0 Å². The lowest BCUT2D eigenvalue weighted by Gasteiger charge is -2.18. The Morgan fingerprint density at radius 1 is 1.00 bits per heavy atom. The molecule has 100 valence electrons. The third-order valence-corrected chi connectivity index (χ3v) is 3.89. The summed E-state index contributed by atoms with van der Waals surface area (Å²) in [6.45, 7) is 0. The molecule has 1 atom stereocenters. The van der Waals surface area contributed by atoms with Crippen LogP contribution in [-0.2, 0) is 0 Å². The van der Waals surface area contributed by atoms with Gasteiger partial charge in [0.15, 0.2) is 0 Å². The van der Waals surface area contributed by atoms with Gasteiger partial charge >= 0.3 is 0 Å². The number of fused-ring (bicyclic) bond motifs is 1. The zero-order chi connectivity index (χ0) is 13.9. The van der Waals surface area contributed by atoms with E-state index in [1.807, 2.05) is 42.5 Å². The van der Waals surface area contributed by atoms with Crippen LogP contribution in [0.25, 0.3) is 10.9 Å². The molecule has 20 heavy (non-hydrogen) atoms. The summed E-state index contributed by atoms with van der Waals surface area (Å²) in [7, 11) is 0. The first-order chi connectivity index (χ1) is 9.81. The highest BCUT2D eigenvalue weighted by Crippen LogP contribution is 2.30. The topological polar surface area (TPSA) is 63.8 Å². The summed E-state index contributed by atoms with van der Waals surface area (Å²) < 4.78 is 0.920. The SMILES string of the molecule is NNC(c1ncccc1Br)c1cccc2ncccc12. The minimum absolute atomic E-state index is 0.196. The number of hydrogen-bond donors (Lipinski definition) is 2. The van der Waals surface area contributed by atoms with Gasteiger partial charge in [-0.25, -0.2) is 5.43 Å². The van der Waals surface area contributed by atoms with Crippen LogP contribution in [-0.4, -0.2) is 9.97 Å². The zero-order valence-corrected chi connectivity index (χ0v) is 12.2. The van der Waals surface area contributed by atoms with Gasteiger partial charge in [0.25, 0.3) is 0 Å². The summed E-state index contributed by atoms with van der Waals surface area (Å²) in [4.78, 5) is 8.80. The van der Waals surface area contributed by atoms with Crippen LogP contribution in [0.2, 0.25) is 0 Å². The minimum atomic E-state index is -0.196. The summed E-state index contributed by atoms with van der Waals surface area (Å²) >= 11 is 3.53. The van der Waals surface area contributed by atoms with Gasteiger partial charge in [0.1, 0.15) is 0 Å². The third-order valence-electron chi connectivity index (χ3n) is 3.22. The smallest absolute Gasteiger partial charge is 0.0899 e. The average molecular weight is 329 g/mol. The maximum Gasteiger partial charge on any atom is 0.0899 e. The maximum absolute atomic E-state index is 5.77. The van der Waals surface area contributed by atoms with E-state index in [2.05, 4.69) is 31.3 Å². The first kappa shape index (κ1) is 13.2. The molecular weight excluding hydrogens is 316 g/mol. The van der Waals surface area contributed by atoms with Crippen LogP contribution in [0.3, 0.4) is 0 Å². The van der Waals surface area contributed by atoms with E-state index in [1.54, 1.807) is 12.4 Å². The highest BCUT2D eigenvalue weighted by Gasteiger charge is 2.18. The van der Waals surface area contributed by atoms with Crippen molar-refractivity contribution < 1.29 is 0 Å². The van der Waals surface area contributed by atoms with Crippen LogP contribution in [0.5, 0.6) is 0 Å². The Labute approximate surface area is 125 Å². The first-order valence-corrected chi connectivity index (χ1v) is 7.00. The van der Waals surface area contributed by atoms with Crippen molar-refractivity contribution in [1.82, 2.24) is 15.4 Å². The Balaban J connectivity index is 2.20. The van der Waals surface area contributed by atoms with E-state index in [-0.39, 0.29) is 6.04 Å². The molecule has 5 heteroatoms. The van der Waals surface area contributed by atoms with Crippen molar-refractivity contribution in [2.75, 3.05) is 0 Å². The van der Waals surface area contributed by atoms with Crippen LogP contribution >= 0.6 is 15.9 Å². The molecule has 0 aliphatic rings. The molecule has 1 unspecified atom stereocenters. The van der Waals surface area contributed by atoms with E-state index in [4.69, 9.17) is 5.84 Å². The Morgan fingerprint density at radius 2 is 1.80 bits per heavy atom. The van der Waals surface area contributed by atoms with Crippen molar-refractivity contribution in [1.29, 1.82) is 0 Å². The number of pyridine rings is 2. The molecule has 0 aliphatic heterocycles. The zero-order valence-electron chi connectivity index (χ0n) is 10.6. The quantitative estimate of drug-likeness (QED) is 0.573. The lowest BCUT2D eigenvalue weighted by atomic mass is 9.99. The molecule has 3 N–H and O–H groups in total. The Morgan fingerprint density at radius 3 is 2.60 bits per heavy atom. The maximum atomic E-state index is 5.77. The molecule has 0 amide bonds. The largest absolute Gasteiger partial charge is 0.271 e. The van der Waals surface area contributed by atoms with Crippen LogP contribution in [0.1, 0.15) is 17.3 Å². The molecule has 3 aromatic rings. The first-order valence-electron chi connectivity index (χ1n) is 6.21. The van der Waals surface area contributed by atoms with Crippen molar-refractivity contribution in [3.05, 3.63) is 70.6 Å². The lowest BCUT2D eigenvalue weighted by Crippen LogP contribution is -2.30. The molecule has 0 aliphatic carbocycles. The van der Waals surface area contributed by atoms with E-state index < -0.39 is 0 Å². The van der Waals surface area contributed by atoms with Gasteiger partial charge in [0, 0.05) is 22.3 Å². The van der Waals surface area contributed by atoms with Crippen LogP contribution in [0.15, 0.2) is 59.3 Å². The summed E-state index contributed by atoms with van der Waals surface area (Å²) in [5.74, 6) is 5.77. The standard InChI is InChI=1S/C15H13BrN4/c16-12-6-3-9-19-15(12)14(20-17)11-4-1-7-13-10(11)5-2-8-18-13/h1-9,14,20H,17H2. The second kappa shape index (κ2) is 5.66. The monoisotopic (exact) mass is 328 g/mol. The average Bonchev–Trinajstić information content (AvgIpc) is 2.50. The number of hydrazine groups is 1. The number of aromatic nitrogens is 2. The molecule has 0 saturated heterocycles. The molecule has 0 radical (unpaired) electrons. The van der Waals surface area contributed by atoms with Crippen molar-refractivity contribution in [2.24, 2.45) is 5.84 Å². The lowest BCUT2D eigenvalue weighted by molar-refractivity contribution is 0.622. The van der Waals surface area contributed by atoms with Gasteiger partial charge in [-0.05, 0) is 45.8 Å². The summed E-state index contributed by atoms with van der Waals surface area (Å²) in [6, 6.07) is 13.6. The van der Waals surface area contributed by atoms with E-state index in [1.165, 1.54) is 0 Å². The molecule has 2 heterocycles. The predicted molar refractivity (Wildman–Crippen MR) is 82.8 cm³/mol. The fourth-order valence-electron chi connectivity index (χ4n) is 2.31. The van der Waals surface area contributed by atoms with Crippen LogP contribution < -0.4 is 11.3 Å². The number of nitrogens with one attached hydrogen (secondary N) is 1. The molecular formula is C15H13BrN4. The van der Waals surface area contributed by atoms with Crippen LogP contribution in [0.4, 0.5) is 0 Å². The number of hydrogen-bond acceptors (Lipinski definition) is 4. The molecule has 0 saturated carbocycles. The van der Waals surface area contributed by atoms with Crippen molar-refractivity contribution in [2.45, 2.75) is 6.04 Å². The molecule has 0 fully saturated rings. The van der Waals surface area contributed by atoms with Crippen molar-refractivity contribution in [3.8, 4) is 0 Å². The number of benzene rings is 1. The predicted octanol–water partition coefficient (Wildman–Crippen LogP) is 2.95. The van der Waals surface area contributed by atoms with Gasteiger partial charge in [-0.2, -0.15) is 0 Å². The molecule has 3 rings (SSSR count). The van der Waals surface area contributed by atoms with Gasteiger partial charge in [-0.15, -0.1) is 0 Å². The Hall–Kier alpha value is -1.82. The van der Waals surface area contributed by atoms with E-state index >= 15 is 0 Å². The summed E-state index contributed by atoms with van der Waals surface area (Å²) in [6.07, 6.45) is 3.54. The van der Waals surface area contributed by atoms with Crippen LogP contribution in [0, 0.1) is 0 Å². The normalized spacial score (nSPS) is 12.5. The van der Waals surface area contributed by atoms with Gasteiger partial charge in [0.2, 0.25) is 0 Å². The Kier molecular flexibility index (Phi) is 3.73. The molecule has 0 spiro atoms. The minimum Gasteiger partial charge on any atom is -0.271 e. The highest BCUT2D eigenvalue weighted by atomic mass is 79.9. The molecule has 4 nitrogen and oxygen atoms in total. The number of nitrogens with two attached hydrogens (primary N) is 1. The fourth-order valence-corrected chi connectivity index (χ4v) is 2.79. The van der Waals surface area contributed by atoms with Crippen molar-refractivity contribution >= 4 is 26.8 Å².